The quantitative estimate of drug-likeness (QED) is 0.722. The number of H-pyrrole nitrogens is 1. The van der Waals surface area contributed by atoms with Crippen LogP contribution in [-0.2, 0) is 9.59 Å². The van der Waals surface area contributed by atoms with Crippen molar-refractivity contribution in [2.45, 2.75) is 38.6 Å². The first-order chi connectivity index (χ1) is 8.66. The van der Waals surface area contributed by atoms with E-state index in [0.29, 0.717) is 5.82 Å². The molecule has 0 bridgehead atoms. The summed E-state index contributed by atoms with van der Waals surface area (Å²) in [5, 5.41) is 15.0. The minimum absolute atomic E-state index is 0.0321. The van der Waals surface area contributed by atoms with E-state index in [4.69, 9.17) is 0 Å². The van der Waals surface area contributed by atoms with E-state index < -0.39 is 6.04 Å². The number of aromatic nitrogens is 3. The Morgan fingerprint density at radius 2 is 2.17 bits per heavy atom. The van der Waals surface area contributed by atoms with Crippen LogP contribution in [0.4, 0.5) is 5.82 Å². The highest BCUT2D eigenvalue weighted by molar-refractivity contribution is 5.96. The standard InChI is InChI=1S/C11H17N5O2/c1-7(10(17)14-9-6-12-16-15-9)13-11(18)8-4-2-3-5-8/h6-8H,2-5H2,1H3,(H,13,18)(H2,12,14,15,16,17). The van der Waals surface area contributed by atoms with Gasteiger partial charge in [0.25, 0.3) is 0 Å². The van der Waals surface area contributed by atoms with Gasteiger partial charge in [-0.2, -0.15) is 10.3 Å². The van der Waals surface area contributed by atoms with E-state index in [2.05, 4.69) is 26.0 Å². The van der Waals surface area contributed by atoms with Gasteiger partial charge in [-0.05, 0) is 19.8 Å². The molecule has 1 atom stereocenters. The molecule has 18 heavy (non-hydrogen) atoms. The summed E-state index contributed by atoms with van der Waals surface area (Å²) in [6.07, 6.45) is 5.44. The summed E-state index contributed by atoms with van der Waals surface area (Å²) in [6.45, 7) is 1.66. The Kier molecular flexibility index (Phi) is 3.91. The van der Waals surface area contributed by atoms with E-state index in [0.717, 1.165) is 25.7 Å². The van der Waals surface area contributed by atoms with Gasteiger partial charge < -0.3 is 10.6 Å². The van der Waals surface area contributed by atoms with Crippen LogP contribution in [0.5, 0.6) is 0 Å². The highest BCUT2D eigenvalue weighted by Gasteiger charge is 2.25. The number of carbonyl (C=O) groups is 2. The smallest absolute Gasteiger partial charge is 0.247 e. The second kappa shape index (κ2) is 5.61. The van der Waals surface area contributed by atoms with Gasteiger partial charge in [-0.1, -0.05) is 12.8 Å². The molecule has 0 aromatic carbocycles. The van der Waals surface area contributed by atoms with Crippen LogP contribution in [0.25, 0.3) is 0 Å². The maximum absolute atomic E-state index is 11.8. The first-order valence-electron chi connectivity index (χ1n) is 6.14. The number of aromatic amines is 1. The molecule has 2 amide bonds. The summed E-state index contributed by atoms with van der Waals surface area (Å²) >= 11 is 0. The monoisotopic (exact) mass is 251 g/mol. The molecule has 1 heterocycles. The summed E-state index contributed by atoms with van der Waals surface area (Å²) in [5.74, 6) is 0.0832. The molecule has 7 heteroatoms. The van der Waals surface area contributed by atoms with Gasteiger partial charge in [-0.25, -0.2) is 0 Å². The normalized spacial score (nSPS) is 17.4. The third-order valence-corrected chi connectivity index (χ3v) is 3.14. The van der Waals surface area contributed by atoms with Crippen molar-refractivity contribution in [3.05, 3.63) is 6.20 Å². The highest BCUT2D eigenvalue weighted by atomic mass is 16.2. The Labute approximate surface area is 105 Å². The van der Waals surface area contributed by atoms with Crippen molar-refractivity contribution in [1.29, 1.82) is 0 Å². The van der Waals surface area contributed by atoms with Crippen molar-refractivity contribution in [3.63, 3.8) is 0 Å². The maximum Gasteiger partial charge on any atom is 0.247 e. The van der Waals surface area contributed by atoms with Crippen molar-refractivity contribution >= 4 is 17.6 Å². The maximum atomic E-state index is 11.8. The molecule has 1 aliphatic carbocycles. The van der Waals surface area contributed by atoms with Crippen LogP contribution in [0.1, 0.15) is 32.6 Å². The molecule has 0 spiro atoms. The number of amides is 2. The molecule has 0 aliphatic heterocycles. The van der Waals surface area contributed by atoms with E-state index in [-0.39, 0.29) is 17.7 Å². The van der Waals surface area contributed by atoms with Gasteiger partial charge in [-0.3, -0.25) is 9.59 Å². The average Bonchev–Trinajstić information content (AvgIpc) is 3.01. The lowest BCUT2D eigenvalue weighted by molar-refractivity contribution is -0.128. The Bertz CT molecular complexity index is 411. The Hall–Kier alpha value is -1.92. The molecule has 1 unspecified atom stereocenters. The van der Waals surface area contributed by atoms with E-state index in [1.165, 1.54) is 6.20 Å². The van der Waals surface area contributed by atoms with E-state index in [9.17, 15) is 9.59 Å². The third kappa shape index (κ3) is 3.06. The largest absolute Gasteiger partial charge is 0.344 e. The zero-order chi connectivity index (χ0) is 13.0. The molecule has 3 N–H and O–H groups in total. The summed E-state index contributed by atoms with van der Waals surface area (Å²) in [5.41, 5.74) is 0. The lowest BCUT2D eigenvalue weighted by Gasteiger charge is -2.15. The van der Waals surface area contributed by atoms with Crippen molar-refractivity contribution in [1.82, 2.24) is 20.7 Å². The number of hydrogen-bond donors (Lipinski definition) is 3. The molecule has 7 nitrogen and oxygen atoms in total. The average molecular weight is 251 g/mol. The third-order valence-electron chi connectivity index (χ3n) is 3.14. The summed E-state index contributed by atoms with van der Waals surface area (Å²) in [7, 11) is 0. The predicted octanol–water partition coefficient (Wildman–Crippen LogP) is 0.438. The van der Waals surface area contributed by atoms with Gasteiger partial charge in [0.15, 0.2) is 5.82 Å². The minimum atomic E-state index is -0.574. The SMILES string of the molecule is CC(NC(=O)C1CCCC1)C(=O)Nc1cn[nH]n1. The lowest BCUT2D eigenvalue weighted by Crippen LogP contribution is -2.43. The molecule has 0 saturated heterocycles. The van der Waals surface area contributed by atoms with Crippen LogP contribution < -0.4 is 10.6 Å². The van der Waals surface area contributed by atoms with Crippen LogP contribution in [-0.4, -0.2) is 33.3 Å². The number of rotatable bonds is 4. The van der Waals surface area contributed by atoms with Crippen molar-refractivity contribution < 1.29 is 9.59 Å². The molecule has 0 radical (unpaired) electrons. The van der Waals surface area contributed by atoms with Crippen LogP contribution in [0.15, 0.2) is 6.20 Å². The fourth-order valence-electron chi connectivity index (χ4n) is 2.08. The molecule has 1 saturated carbocycles. The zero-order valence-electron chi connectivity index (χ0n) is 10.3. The van der Waals surface area contributed by atoms with Gasteiger partial charge >= 0.3 is 0 Å². The van der Waals surface area contributed by atoms with Gasteiger partial charge in [0.2, 0.25) is 11.8 Å². The molecule has 1 aliphatic rings. The molecule has 1 aromatic heterocycles. The molecular formula is C11H17N5O2. The summed E-state index contributed by atoms with van der Waals surface area (Å²) in [4.78, 5) is 23.6. The fourth-order valence-corrected chi connectivity index (χ4v) is 2.08. The van der Waals surface area contributed by atoms with Gasteiger partial charge in [0, 0.05) is 5.92 Å². The number of carbonyl (C=O) groups excluding carboxylic acids is 2. The second-order valence-corrected chi connectivity index (χ2v) is 4.56. The second-order valence-electron chi connectivity index (χ2n) is 4.56. The van der Waals surface area contributed by atoms with Crippen LogP contribution >= 0.6 is 0 Å². The van der Waals surface area contributed by atoms with Crippen LogP contribution in [0, 0.1) is 5.92 Å². The number of anilines is 1. The van der Waals surface area contributed by atoms with E-state index in [1.54, 1.807) is 6.92 Å². The van der Waals surface area contributed by atoms with Crippen LogP contribution in [0.2, 0.25) is 0 Å². The van der Waals surface area contributed by atoms with Gasteiger partial charge in [-0.15, -0.1) is 5.10 Å². The Balaban J connectivity index is 1.81. The topological polar surface area (TPSA) is 99.8 Å². The Morgan fingerprint density at radius 1 is 1.44 bits per heavy atom. The van der Waals surface area contributed by atoms with E-state index >= 15 is 0 Å². The molecular weight excluding hydrogens is 234 g/mol. The number of hydrogen-bond acceptors (Lipinski definition) is 4. The van der Waals surface area contributed by atoms with Crippen molar-refractivity contribution in [3.8, 4) is 0 Å². The van der Waals surface area contributed by atoms with E-state index in [1.807, 2.05) is 0 Å². The molecule has 1 aromatic rings. The first kappa shape index (κ1) is 12.5. The Morgan fingerprint density at radius 3 is 2.78 bits per heavy atom. The van der Waals surface area contributed by atoms with Crippen LogP contribution in [0.3, 0.4) is 0 Å². The summed E-state index contributed by atoms with van der Waals surface area (Å²) < 4.78 is 0. The zero-order valence-corrected chi connectivity index (χ0v) is 10.3. The first-order valence-corrected chi connectivity index (χ1v) is 6.14. The van der Waals surface area contributed by atoms with Gasteiger partial charge in [0.1, 0.15) is 6.04 Å². The van der Waals surface area contributed by atoms with Crippen molar-refractivity contribution in [2.75, 3.05) is 5.32 Å². The minimum Gasteiger partial charge on any atom is -0.344 e. The number of nitrogens with zero attached hydrogens (tertiary/aromatic N) is 2. The van der Waals surface area contributed by atoms with Crippen molar-refractivity contribution in [2.24, 2.45) is 5.92 Å². The lowest BCUT2D eigenvalue weighted by atomic mass is 10.1. The van der Waals surface area contributed by atoms with Gasteiger partial charge in [0.05, 0.1) is 6.20 Å². The highest BCUT2D eigenvalue weighted by Crippen LogP contribution is 2.24. The summed E-state index contributed by atoms with van der Waals surface area (Å²) in [6, 6.07) is -0.574. The molecule has 1 fully saturated rings. The fraction of sp³-hybridized carbons (Fsp3) is 0.636. The molecule has 2 rings (SSSR count). The predicted molar refractivity (Wildman–Crippen MR) is 64.6 cm³/mol. The number of nitrogens with one attached hydrogen (secondary N) is 3. The molecule has 98 valence electrons.